The van der Waals surface area contributed by atoms with E-state index in [1.807, 2.05) is 6.92 Å². The number of ether oxygens (including phenoxy) is 1. The Labute approximate surface area is 126 Å². The number of sulfonamides is 1. The van der Waals surface area contributed by atoms with Gasteiger partial charge in [-0.1, -0.05) is 18.5 Å². The maximum atomic E-state index is 11.9. The molecule has 0 saturated heterocycles. The predicted octanol–water partition coefficient (Wildman–Crippen LogP) is 2.59. The summed E-state index contributed by atoms with van der Waals surface area (Å²) in [4.78, 5) is 3.87. The zero-order valence-electron chi connectivity index (χ0n) is 10.5. The van der Waals surface area contributed by atoms with E-state index in [1.54, 1.807) is 0 Å². The first kappa shape index (κ1) is 16.8. The highest BCUT2D eigenvalue weighted by Gasteiger charge is 2.15. The summed E-state index contributed by atoms with van der Waals surface area (Å²) in [6.45, 7) is 3.58. The number of nitrogens with one attached hydrogen (secondary N) is 1. The van der Waals surface area contributed by atoms with E-state index in [2.05, 4.69) is 25.6 Å². The fraction of sp³-hybridized carbons (Fsp3) is 0.545. The average molecular weight is 372 g/mol. The first-order valence-electron chi connectivity index (χ1n) is 5.86. The SMILES string of the molecule is CCCOCCCNS(=O)(=O)c1cnc(Cl)c(Br)c1. The first-order valence-corrected chi connectivity index (χ1v) is 8.51. The van der Waals surface area contributed by atoms with E-state index in [4.69, 9.17) is 16.3 Å². The van der Waals surface area contributed by atoms with Crippen LogP contribution in [-0.2, 0) is 14.8 Å². The summed E-state index contributed by atoms with van der Waals surface area (Å²) in [6, 6.07) is 1.42. The van der Waals surface area contributed by atoms with Gasteiger partial charge in [-0.3, -0.25) is 0 Å². The fourth-order valence-electron chi connectivity index (χ4n) is 1.26. The molecule has 0 spiro atoms. The molecule has 1 heterocycles. The topological polar surface area (TPSA) is 68.3 Å². The molecule has 0 aliphatic rings. The molecule has 19 heavy (non-hydrogen) atoms. The quantitative estimate of drug-likeness (QED) is 0.563. The summed E-state index contributed by atoms with van der Waals surface area (Å²) >= 11 is 8.86. The second-order valence-corrected chi connectivity index (χ2v) is 6.79. The van der Waals surface area contributed by atoms with Gasteiger partial charge in [0.25, 0.3) is 0 Å². The average Bonchev–Trinajstić information content (AvgIpc) is 2.36. The van der Waals surface area contributed by atoms with E-state index in [0.29, 0.717) is 30.7 Å². The number of nitrogens with zero attached hydrogens (tertiary/aromatic N) is 1. The number of hydrogen-bond donors (Lipinski definition) is 1. The van der Waals surface area contributed by atoms with Crippen molar-refractivity contribution in [1.82, 2.24) is 9.71 Å². The third kappa shape index (κ3) is 5.74. The summed E-state index contributed by atoms with van der Waals surface area (Å²) in [5, 5.41) is 0.229. The number of halogens is 2. The maximum absolute atomic E-state index is 11.9. The summed E-state index contributed by atoms with van der Waals surface area (Å²) in [5.74, 6) is 0. The van der Waals surface area contributed by atoms with Crippen molar-refractivity contribution in [3.63, 3.8) is 0 Å². The molecular weight excluding hydrogens is 356 g/mol. The molecular formula is C11H16BrClN2O3S. The smallest absolute Gasteiger partial charge is 0.242 e. The van der Waals surface area contributed by atoms with Crippen LogP contribution in [0.1, 0.15) is 19.8 Å². The van der Waals surface area contributed by atoms with Gasteiger partial charge in [-0.15, -0.1) is 0 Å². The summed E-state index contributed by atoms with van der Waals surface area (Å²) < 4.78 is 32.1. The Bertz CT molecular complexity index is 511. The van der Waals surface area contributed by atoms with E-state index >= 15 is 0 Å². The lowest BCUT2D eigenvalue weighted by Crippen LogP contribution is -2.25. The van der Waals surface area contributed by atoms with Gasteiger partial charge in [0.2, 0.25) is 10.0 Å². The highest BCUT2D eigenvalue weighted by molar-refractivity contribution is 9.10. The largest absolute Gasteiger partial charge is 0.381 e. The van der Waals surface area contributed by atoms with Crippen molar-refractivity contribution in [2.24, 2.45) is 0 Å². The van der Waals surface area contributed by atoms with Gasteiger partial charge in [-0.2, -0.15) is 0 Å². The third-order valence-electron chi connectivity index (χ3n) is 2.19. The van der Waals surface area contributed by atoms with Gasteiger partial charge in [0, 0.05) is 26.0 Å². The molecule has 1 aromatic rings. The number of rotatable bonds is 8. The number of pyridine rings is 1. The number of hydrogen-bond acceptors (Lipinski definition) is 4. The van der Waals surface area contributed by atoms with Crippen molar-refractivity contribution in [1.29, 1.82) is 0 Å². The summed E-state index contributed by atoms with van der Waals surface area (Å²) in [5.41, 5.74) is 0. The van der Waals surface area contributed by atoms with Crippen LogP contribution in [0, 0.1) is 0 Å². The van der Waals surface area contributed by atoms with Crippen molar-refractivity contribution in [3.8, 4) is 0 Å². The van der Waals surface area contributed by atoms with Gasteiger partial charge < -0.3 is 4.74 Å². The van der Waals surface area contributed by atoms with E-state index in [-0.39, 0.29) is 10.0 Å². The van der Waals surface area contributed by atoms with Crippen LogP contribution >= 0.6 is 27.5 Å². The van der Waals surface area contributed by atoms with Crippen molar-refractivity contribution in [2.75, 3.05) is 19.8 Å². The molecule has 0 aliphatic heterocycles. The van der Waals surface area contributed by atoms with E-state index < -0.39 is 10.0 Å². The molecule has 0 aliphatic carbocycles. The molecule has 0 radical (unpaired) electrons. The summed E-state index contributed by atoms with van der Waals surface area (Å²) in [7, 11) is -3.55. The highest BCUT2D eigenvalue weighted by Crippen LogP contribution is 2.22. The van der Waals surface area contributed by atoms with Crippen molar-refractivity contribution >= 4 is 37.6 Å². The second-order valence-electron chi connectivity index (χ2n) is 3.81. The molecule has 5 nitrogen and oxygen atoms in total. The fourth-order valence-corrected chi connectivity index (χ4v) is 2.91. The second kappa shape index (κ2) is 8.16. The molecule has 0 amide bonds. The van der Waals surface area contributed by atoms with Crippen LogP contribution in [0.5, 0.6) is 0 Å². The molecule has 8 heteroatoms. The molecule has 0 bridgehead atoms. The van der Waals surface area contributed by atoms with Gasteiger partial charge >= 0.3 is 0 Å². The van der Waals surface area contributed by atoms with Gasteiger partial charge in [0.05, 0.1) is 4.47 Å². The predicted molar refractivity (Wildman–Crippen MR) is 77.9 cm³/mol. The lowest BCUT2D eigenvalue weighted by atomic mass is 10.4. The van der Waals surface area contributed by atoms with E-state index in [9.17, 15) is 8.42 Å². The molecule has 0 unspecified atom stereocenters. The van der Waals surface area contributed by atoms with Gasteiger partial charge in [0.1, 0.15) is 10.0 Å². The van der Waals surface area contributed by atoms with Gasteiger partial charge in [-0.25, -0.2) is 18.1 Å². The summed E-state index contributed by atoms with van der Waals surface area (Å²) in [6.07, 6.45) is 2.81. The Morgan fingerprint density at radius 2 is 2.21 bits per heavy atom. The monoisotopic (exact) mass is 370 g/mol. The van der Waals surface area contributed by atoms with Crippen molar-refractivity contribution < 1.29 is 13.2 Å². The highest BCUT2D eigenvalue weighted by atomic mass is 79.9. The Morgan fingerprint density at radius 3 is 2.84 bits per heavy atom. The van der Waals surface area contributed by atoms with Crippen LogP contribution in [0.4, 0.5) is 0 Å². The molecule has 1 aromatic heterocycles. The minimum atomic E-state index is -3.55. The van der Waals surface area contributed by atoms with Crippen LogP contribution in [-0.4, -0.2) is 33.2 Å². The van der Waals surface area contributed by atoms with Crippen LogP contribution in [0.3, 0.4) is 0 Å². The van der Waals surface area contributed by atoms with Gasteiger partial charge in [0.15, 0.2) is 0 Å². The Kier molecular flexibility index (Phi) is 7.23. The van der Waals surface area contributed by atoms with Crippen molar-refractivity contribution in [2.45, 2.75) is 24.7 Å². The molecule has 1 N–H and O–H groups in total. The molecule has 108 valence electrons. The normalized spacial score (nSPS) is 11.7. The first-order chi connectivity index (χ1) is 8.97. The lowest BCUT2D eigenvalue weighted by molar-refractivity contribution is 0.133. The van der Waals surface area contributed by atoms with E-state index in [1.165, 1.54) is 12.3 Å². The van der Waals surface area contributed by atoms with Crippen LogP contribution < -0.4 is 4.72 Å². The van der Waals surface area contributed by atoms with Crippen LogP contribution in [0.25, 0.3) is 0 Å². The van der Waals surface area contributed by atoms with Crippen molar-refractivity contribution in [3.05, 3.63) is 21.9 Å². The minimum Gasteiger partial charge on any atom is -0.381 e. The Balaban J connectivity index is 2.49. The zero-order valence-corrected chi connectivity index (χ0v) is 13.7. The molecule has 0 saturated carbocycles. The standard InChI is InChI=1S/C11H16BrClN2O3S/c1-2-5-18-6-3-4-15-19(16,17)9-7-10(12)11(13)14-8-9/h7-8,15H,2-6H2,1H3. The molecule has 0 aromatic carbocycles. The maximum Gasteiger partial charge on any atom is 0.242 e. The minimum absolute atomic E-state index is 0.0817. The Hall–Kier alpha value is -0.210. The third-order valence-corrected chi connectivity index (χ3v) is 4.75. The van der Waals surface area contributed by atoms with Crippen LogP contribution in [0.15, 0.2) is 21.6 Å². The molecule has 0 atom stereocenters. The number of aromatic nitrogens is 1. The van der Waals surface area contributed by atoms with Gasteiger partial charge in [-0.05, 0) is 34.8 Å². The molecule has 1 rings (SSSR count). The molecule has 0 fully saturated rings. The van der Waals surface area contributed by atoms with E-state index in [0.717, 1.165) is 6.42 Å². The Morgan fingerprint density at radius 1 is 1.47 bits per heavy atom. The zero-order chi connectivity index (χ0) is 14.3. The van der Waals surface area contributed by atoms with Crippen LogP contribution in [0.2, 0.25) is 5.15 Å². The lowest BCUT2D eigenvalue weighted by Gasteiger charge is -2.07.